The van der Waals surface area contributed by atoms with E-state index < -0.39 is 0 Å². The standard InChI is InChI=1S/C18H24N8/c1-3-17-24-22-14-25(17)11-9-20-18(19-2)21-13-15-6-4-7-16(12-15)26-10-5-8-23-26/h4-8,10,12,14H,3,9,11,13H2,1-2H3,(H2,19,20,21). The summed E-state index contributed by atoms with van der Waals surface area (Å²) in [5, 5.41) is 19.0. The second kappa shape index (κ2) is 8.80. The van der Waals surface area contributed by atoms with Gasteiger partial charge in [0.05, 0.1) is 5.69 Å². The average Bonchev–Trinajstić information content (AvgIpc) is 3.36. The van der Waals surface area contributed by atoms with Gasteiger partial charge in [-0.2, -0.15) is 5.10 Å². The van der Waals surface area contributed by atoms with Crippen molar-refractivity contribution in [1.82, 2.24) is 35.2 Å². The number of aromatic nitrogens is 5. The van der Waals surface area contributed by atoms with Crippen molar-refractivity contribution in [2.45, 2.75) is 26.4 Å². The summed E-state index contributed by atoms with van der Waals surface area (Å²) in [4.78, 5) is 4.27. The molecule has 0 aliphatic rings. The summed E-state index contributed by atoms with van der Waals surface area (Å²) in [5.74, 6) is 1.76. The Bertz CT molecular complexity index is 835. The van der Waals surface area contributed by atoms with Gasteiger partial charge in [0.25, 0.3) is 0 Å². The second-order valence-electron chi connectivity index (χ2n) is 5.77. The molecule has 0 amide bonds. The van der Waals surface area contributed by atoms with Crippen LogP contribution in [0.25, 0.3) is 5.69 Å². The Kier molecular flexibility index (Phi) is 5.97. The van der Waals surface area contributed by atoms with Crippen molar-refractivity contribution < 1.29 is 0 Å². The predicted molar refractivity (Wildman–Crippen MR) is 101 cm³/mol. The molecule has 0 bridgehead atoms. The summed E-state index contributed by atoms with van der Waals surface area (Å²) in [7, 11) is 1.77. The van der Waals surface area contributed by atoms with Gasteiger partial charge in [-0.15, -0.1) is 10.2 Å². The highest BCUT2D eigenvalue weighted by molar-refractivity contribution is 5.79. The molecule has 3 aromatic rings. The summed E-state index contributed by atoms with van der Waals surface area (Å²) in [5.41, 5.74) is 2.20. The fourth-order valence-electron chi connectivity index (χ4n) is 2.67. The monoisotopic (exact) mass is 352 g/mol. The van der Waals surface area contributed by atoms with E-state index in [1.807, 2.05) is 33.6 Å². The Labute approximate surface area is 153 Å². The lowest BCUT2D eigenvalue weighted by molar-refractivity contribution is 0.632. The number of benzene rings is 1. The fourth-order valence-corrected chi connectivity index (χ4v) is 2.67. The van der Waals surface area contributed by atoms with Crippen LogP contribution in [0.15, 0.2) is 54.0 Å². The Hall–Kier alpha value is -3.16. The molecule has 26 heavy (non-hydrogen) atoms. The lowest BCUT2D eigenvalue weighted by atomic mass is 10.2. The zero-order valence-corrected chi connectivity index (χ0v) is 15.1. The minimum Gasteiger partial charge on any atom is -0.355 e. The van der Waals surface area contributed by atoms with Crippen LogP contribution in [-0.2, 0) is 19.5 Å². The molecule has 0 unspecified atom stereocenters. The molecule has 3 rings (SSSR count). The lowest BCUT2D eigenvalue weighted by Gasteiger charge is -2.13. The average molecular weight is 352 g/mol. The van der Waals surface area contributed by atoms with Crippen LogP contribution in [0.4, 0.5) is 0 Å². The molecule has 8 nitrogen and oxygen atoms in total. The largest absolute Gasteiger partial charge is 0.355 e. The lowest BCUT2D eigenvalue weighted by Crippen LogP contribution is -2.38. The third kappa shape index (κ3) is 4.47. The summed E-state index contributed by atoms with van der Waals surface area (Å²) < 4.78 is 3.90. The number of nitrogens with one attached hydrogen (secondary N) is 2. The van der Waals surface area contributed by atoms with Gasteiger partial charge in [-0.3, -0.25) is 4.99 Å². The van der Waals surface area contributed by atoms with E-state index in [-0.39, 0.29) is 0 Å². The van der Waals surface area contributed by atoms with Gasteiger partial charge in [0.2, 0.25) is 0 Å². The van der Waals surface area contributed by atoms with Gasteiger partial charge in [-0.05, 0) is 23.8 Å². The van der Waals surface area contributed by atoms with E-state index in [9.17, 15) is 0 Å². The van der Waals surface area contributed by atoms with Crippen LogP contribution in [0.3, 0.4) is 0 Å². The smallest absolute Gasteiger partial charge is 0.191 e. The van der Waals surface area contributed by atoms with Crippen LogP contribution in [0.2, 0.25) is 0 Å². The third-order valence-corrected chi connectivity index (χ3v) is 4.02. The van der Waals surface area contributed by atoms with Crippen molar-refractivity contribution in [2.24, 2.45) is 4.99 Å². The molecule has 136 valence electrons. The molecule has 2 aromatic heterocycles. The third-order valence-electron chi connectivity index (χ3n) is 4.02. The van der Waals surface area contributed by atoms with E-state index >= 15 is 0 Å². The van der Waals surface area contributed by atoms with E-state index in [1.54, 1.807) is 19.6 Å². The highest BCUT2D eigenvalue weighted by atomic mass is 15.3. The molecule has 0 aliphatic carbocycles. The number of aliphatic imine (C=N–C) groups is 1. The van der Waals surface area contributed by atoms with Crippen molar-refractivity contribution >= 4 is 5.96 Å². The highest BCUT2D eigenvalue weighted by Crippen LogP contribution is 2.09. The maximum absolute atomic E-state index is 4.27. The molecule has 0 aliphatic heterocycles. The molecule has 0 atom stereocenters. The van der Waals surface area contributed by atoms with Crippen LogP contribution in [0, 0.1) is 0 Å². The molecular weight excluding hydrogens is 328 g/mol. The molecule has 0 fully saturated rings. The molecule has 2 heterocycles. The highest BCUT2D eigenvalue weighted by Gasteiger charge is 2.03. The topological polar surface area (TPSA) is 85.0 Å². The van der Waals surface area contributed by atoms with Crippen LogP contribution < -0.4 is 10.6 Å². The molecule has 0 saturated heterocycles. The molecule has 0 radical (unpaired) electrons. The molecule has 2 N–H and O–H groups in total. The number of hydrogen-bond donors (Lipinski definition) is 2. The van der Waals surface area contributed by atoms with E-state index in [2.05, 4.69) is 50.0 Å². The second-order valence-corrected chi connectivity index (χ2v) is 5.77. The van der Waals surface area contributed by atoms with Gasteiger partial charge in [-0.25, -0.2) is 4.68 Å². The summed E-state index contributed by atoms with van der Waals surface area (Å²) >= 11 is 0. The van der Waals surface area contributed by atoms with Gasteiger partial charge in [-0.1, -0.05) is 19.1 Å². The molecule has 0 saturated carbocycles. The van der Waals surface area contributed by atoms with Gasteiger partial charge in [0.1, 0.15) is 12.2 Å². The molecule has 0 spiro atoms. The number of guanidine groups is 1. The van der Waals surface area contributed by atoms with Crippen molar-refractivity contribution in [3.63, 3.8) is 0 Å². The summed E-state index contributed by atoms with van der Waals surface area (Å²) in [6.45, 7) is 4.30. The zero-order valence-electron chi connectivity index (χ0n) is 15.1. The molecule has 8 heteroatoms. The van der Waals surface area contributed by atoms with Gasteiger partial charge in [0.15, 0.2) is 5.96 Å². The van der Waals surface area contributed by atoms with E-state index in [0.717, 1.165) is 42.5 Å². The van der Waals surface area contributed by atoms with Gasteiger partial charge < -0.3 is 15.2 Å². The van der Waals surface area contributed by atoms with Crippen LogP contribution in [0.5, 0.6) is 0 Å². The first kappa shape index (κ1) is 17.7. The van der Waals surface area contributed by atoms with Crippen molar-refractivity contribution in [3.8, 4) is 5.69 Å². The van der Waals surface area contributed by atoms with Crippen LogP contribution in [-0.4, -0.2) is 44.1 Å². The normalized spacial score (nSPS) is 11.5. The van der Waals surface area contributed by atoms with Gasteiger partial charge in [0, 0.05) is 45.5 Å². The molecule has 1 aromatic carbocycles. The summed E-state index contributed by atoms with van der Waals surface area (Å²) in [6.07, 6.45) is 6.34. The Morgan fingerprint density at radius 1 is 1.23 bits per heavy atom. The SMILES string of the molecule is CCc1nncn1CCNC(=NC)NCc1cccc(-n2cccn2)c1. The quantitative estimate of drug-likeness (QED) is 0.496. The van der Waals surface area contributed by atoms with Crippen LogP contribution in [0.1, 0.15) is 18.3 Å². The first-order valence-corrected chi connectivity index (χ1v) is 8.70. The van der Waals surface area contributed by atoms with Gasteiger partial charge >= 0.3 is 0 Å². The van der Waals surface area contributed by atoms with E-state index in [4.69, 9.17) is 0 Å². The van der Waals surface area contributed by atoms with Crippen molar-refractivity contribution in [3.05, 3.63) is 60.4 Å². The molecular formula is C18H24N8. The van der Waals surface area contributed by atoms with E-state index in [0.29, 0.717) is 6.54 Å². The number of aryl methyl sites for hydroxylation is 1. The maximum Gasteiger partial charge on any atom is 0.191 e. The maximum atomic E-state index is 4.27. The van der Waals surface area contributed by atoms with Crippen molar-refractivity contribution in [1.29, 1.82) is 0 Å². The first-order valence-electron chi connectivity index (χ1n) is 8.70. The fraction of sp³-hybridized carbons (Fsp3) is 0.333. The van der Waals surface area contributed by atoms with E-state index in [1.165, 1.54) is 0 Å². The Morgan fingerprint density at radius 3 is 2.92 bits per heavy atom. The number of rotatable bonds is 7. The minimum atomic E-state index is 0.682. The van der Waals surface area contributed by atoms with Crippen molar-refractivity contribution in [2.75, 3.05) is 13.6 Å². The first-order chi connectivity index (χ1) is 12.8. The summed E-state index contributed by atoms with van der Waals surface area (Å²) in [6, 6.07) is 10.2. The predicted octanol–water partition coefficient (Wildman–Crippen LogP) is 1.39. The zero-order chi connectivity index (χ0) is 18.2. The van der Waals surface area contributed by atoms with Crippen LogP contribution >= 0.6 is 0 Å². The number of nitrogens with zero attached hydrogens (tertiary/aromatic N) is 6. The number of hydrogen-bond acceptors (Lipinski definition) is 4. The Morgan fingerprint density at radius 2 is 2.15 bits per heavy atom. The minimum absolute atomic E-state index is 0.682. The Balaban J connectivity index is 1.51.